The highest BCUT2D eigenvalue weighted by Gasteiger charge is 2.29. The minimum atomic E-state index is -0.169. The van der Waals surface area contributed by atoms with Gasteiger partial charge in [-0.15, -0.1) is 0 Å². The molecule has 0 atom stereocenters. The fourth-order valence-electron chi connectivity index (χ4n) is 2.54. The molecule has 1 heterocycles. The molecule has 5 nitrogen and oxygen atoms in total. The van der Waals surface area contributed by atoms with Gasteiger partial charge in [0.2, 0.25) is 17.7 Å². The van der Waals surface area contributed by atoms with Crippen LogP contribution in [0.5, 0.6) is 0 Å². The fraction of sp³-hybridized carbons (Fsp3) is 0.471. The first-order valence-electron chi connectivity index (χ1n) is 7.82. The number of anilines is 1. The molecular weight excluding hydrogens is 280 g/mol. The quantitative estimate of drug-likeness (QED) is 0.727. The Morgan fingerprint density at radius 1 is 1.14 bits per heavy atom. The Bertz CT molecular complexity index is 526. The van der Waals surface area contributed by atoms with E-state index in [-0.39, 0.29) is 43.5 Å². The van der Waals surface area contributed by atoms with Gasteiger partial charge in [-0.2, -0.15) is 0 Å². The zero-order valence-corrected chi connectivity index (χ0v) is 13.0. The van der Waals surface area contributed by atoms with Crippen molar-refractivity contribution in [3.63, 3.8) is 0 Å². The second-order valence-corrected chi connectivity index (χ2v) is 5.42. The Morgan fingerprint density at radius 3 is 2.36 bits per heavy atom. The van der Waals surface area contributed by atoms with E-state index < -0.39 is 0 Å². The number of rotatable bonds is 7. The summed E-state index contributed by atoms with van der Waals surface area (Å²) < 4.78 is 0. The van der Waals surface area contributed by atoms with E-state index in [4.69, 9.17) is 0 Å². The molecule has 0 spiro atoms. The van der Waals surface area contributed by atoms with E-state index in [0.29, 0.717) is 6.54 Å². The number of unbranched alkanes of at least 4 members (excludes halogenated alkanes) is 1. The highest BCUT2D eigenvalue weighted by Crippen LogP contribution is 2.17. The summed E-state index contributed by atoms with van der Waals surface area (Å²) >= 11 is 0. The number of imide groups is 1. The van der Waals surface area contributed by atoms with Crippen LogP contribution in [0.4, 0.5) is 5.69 Å². The molecule has 1 fully saturated rings. The van der Waals surface area contributed by atoms with E-state index in [1.165, 1.54) is 4.90 Å². The normalized spacial score (nSPS) is 14.5. The summed E-state index contributed by atoms with van der Waals surface area (Å²) in [5.41, 5.74) is 0.861. The molecule has 22 heavy (non-hydrogen) atoms. The van der Waals surface area contributed by atoms with E-state index in [0.717, 1.165) is 18.5 Å². The van der Waals surface area contributed by atoms with Crippen LogP contribution in [0, 0.1) is 0 Å². The van der Waals surface area contributed by atoms with Gasteiger partial charge in [0, 0.05) is 38.0 Å². The number of hydrogen-bond donors (Lipinski definition) is 0. The Labute approximate surface area is 130 Å². The monoisotopic (exact) mass is 302 g/mol. The largest absolute Gasteiger partial charge is 0.312 e. The first kappa shape index (κ1) is 16.2. The number of amides is 3. The summed E-state index contributed by atoms with van der Waals surface area (Å²) in [4.78, 5) is 38.6. The van der Waals surface area contributed by atoms with Crippen LogP contribution in [0.3, 0.4) is 0 Å². The van der Waals surface area contributed by atoms with Gasteiger partial charge in [-0.25, -0.2) is 0 Å². The molecule has 0 aromatic heterocycles. The minimum Gasteiger partial charge on any atom is -0.312 e. The van der Waals surface area contributed by atoms with Gasteiger partial charge in [-0.1, -0.05) is 31.5 Å². The molecule has 0 saturated carbocycles. The van der Waals surface area contributed by atoms with Crippen LogP contribution in [-0.2, 0) is 14.4 Å². The highest BCUT2D eigenvalue weighted by atomic mass is 16.2. The lowest BCUT2D eigenvalue weighted by Crippen LogP contribution is -2.37. The molecular formula is C17H22N2O3. The topological polar surface area (TPSA) is 57.7 Å². The Hall–Kier alpha value is -2.17. The number of benzene rings is 1. The van der Waals surface area contributed by atoms with Crippen molar-refractivity contribution >= 4 is 23.4 Å². The third kappa shape index (κ3) is 3.93. The standard InChI is InChI=1S/C17H22N2O3/c1-2-3-12-18(14-7-5-4-6-8-14)17(22)11-13-19-15(20)9-10-16(19)21/h4-8H,2-3,9-13H2,1H3. The van der Waals surface area contributed by atoms with Crippen LogP contribution in [0.25, 0.3) is 0 Å². The van der Waals surface area contributed by atoms with Crippen LogP contribution in [0.1, 0.15) is 39.0 Å². The summed E-state index contributed by atoms with van der Waals surface area (Å²) in [7, 11) is 0. The summed E-state index contributed by atoms with van der Waals surface area (Å²) in [5, 5.41) is 0. The number of carbonyl (C=O) groups is 3. The molecule has 2 rings (SSSR count). The zero-order chi connectivity index (χ0) is 15.9. The Balaban J connectivity index is 1.99. The molecule has 118 valence electrons. The van der Waals surface area contributed by atoms with Crippen molar-refractivity contribution < 1.29 is 14.4 Å². The summed E-state index contributed by atoms with van der Waals surface area (Å²) in [6, 6.07) is 9.51. The highest BCUT2D eigenvalue weighted by molar-refractivity contribution is 6.02. The first-order chi connectivity index (χ1) is 10.6. The lowest BCUT2D eigenvalue weighted by molar-refractivity contribution is -0.138. The first-order valence-corrected chi connectivity index (χ1v) is 7.82. The predicted octanol–water partition coefficient (Wildman–Crippen LogP) is 2.36. The minimum absolute atomic E-state index is 0.0489. The van der Waals surface area contributed by atoms with Crippen LogP contribution in [0.15, 0.2) is 30.3 Å². The van der Waals surface area contributed by atoms with Gasteiger partial charge < -0.3 is 4.90 Å². The van der Waals surface area contributed by atoms with Gasteiger partial charge in [-0.05, 0) is 18.6 Å². The maximum absolute atomic E-state index is 12.5. The smallest absolute Gasteiger partial charge is 0.229 e. The van der Waals surface area contributed by atoms with Crippen molar-refractivity contribution in [1.29, 1.82) is 0 Å². The Morgan fingerprint density at radius 2 is 1.77 bits per heavy atom. The van der Waals surface area contributed by atoms with Crippen molar-refractivity contribution in [3.8, 4) is 0 Å². The number of likely N-dealkylation sites (tertiary alicyclic amines) is 1. The van der Waals surface area contributed by atoms with Gasteiger partial charge >= 0.3 is 0 Å². The van der Waals surface area contributed by atoms with E-state index in [9.17, 15) is 14.4 Å². The molecule has 1 aliphatic rings. The van der Waals surface area contributed by atoms with Crippen molar-refractivity contribution in [2.24, 2.45) is 0 Å². The van der Waals surface area contributed by atoms with E-state index in [2.05, 4.69) is 6.92 Å². The number of hydrogen-bond acceptors (Lipinski definition) is 3. The van der Waals surface area contributed by atoms with Crippen molar-refractivity contribution in [1.82, 2.24) is 4.90 Å². The third-order valence-corrected chi connectivity index (χ3v) is 3.81. The zero-order valence-electron chi connectivity index (χ0n) is 13.0. The van der Waals surface area contributed by atoms with Crippen molar-refractivity contribution in [2.75, 3.05) is 18.0 Å². The lowest BCUT2D eigenvalue weighted by Gasteiger charge is -2.24. The maximum atomic E-state index is 12.5. The summed E-state index contributed by atoms with van der Waals surface area (Å²) in [6.07, 6.45) is 2.63. The second-order valence-electron chi connectivity index (χ2n) is 5.42. The molecule has 0 N–H and O–H groups in total. The average Bonchev–Trinajstić information content (AvgIpc) is 2.85. The van der Waals surface area contributed by atoms with Gasteiger partial charge in [0.25, 0.3) is 0 Å². The fourth-order valence-corrected chi connectivity index (χ4v) is 2.54. The van der Waals surface area contributed by atoms with E-state index >= 15 is 0 Å². The van der Waals surface area contributed by atoms with Gasteiger partial charge in [0.1, 0.15) is 0 Å². The Kier molecular flexibility index (Phi) is 5.69. The van der Waals surface area contributed by atoms with Gasteiger partial charge in [-0.3, -0.25) is 19.3 Å². The van der Waals surface area contributed by atoms with Gasteiger partial charge in [0.05, 0.1) is 0 Å². The SMILES string of the molecule is CCCCN(C(=O)CCN1C(=O)CCC1=O)c1ccccc1. The van der Waals surface area contributed by atoms with Crippen LogP contribution in [0.2, 0.25) is 0 Å². The van der Waals surface area contributed by atoms with Crippen LogP contribution < -0.4 is 4.90 Å². The number of para-hydroxylation sites is 1. The molecule has 3 amide bonds. The number of carbonyl (C=O) groups excluding carboxylic acids is 3. The van der Waals surface area contributed by atoms with E-state index in [1.54, 1.807) is 4.90 Å². The van der Waals surface area contributed by atoms with E-state index in [1.807, 2.05) is 30.3 Å². The predicted molar refractivity (Wildman–Crippen MR) is 84.3 cm³/mol. The molecule has 0 unspecified atom stereocenters. The molecule has 1 aromatic rings. The number of nitrogens with zero attached hydrogens (tertiary/aromatic N) is 2. The molecule has 0 bridgehead atoms. The van der Waals surface area contributed by atoms with Crippen LogP contribution >= 0.6 is 0 Å². The maximum Gasteiger partial charge on any atom is 0.229 e. The molecule has 0 aliphatic carbocycles. The molecule has 1 saturated heterocycles. The average molecular weight is 302 g/mol. The second kappa shape index (κ2) is 7.73. The third-order valence-electron chi connectivity index (χ3n) is 3.81. The molecule has 1 aliphatic heterocycles. The molecule has 1 aromatic carbocycles. The summed E-state index contributed by atoms with van der Waals surface area (Å²) in [5.74, 6) is -0.387. The lowest BCUT2D eigenvalue weighted by atomic mass is 10.2. The van der Waals surface area contributed by atoms with Crippen molar-refractivity contribution in [3.05, 3.63) is 30.3 Å². The van der Waals surface area contributed by atoms with Crippen LogP contribution in [-0.4, -0.2) is 35.7 Å². The molecule has 0 radical (unpaired) electrons. The van der Waals surface area contributed by atoms with Crippen molar-refractivity contribution in [2.45, 2.75) is 39.0 Å². The molecule has 5 heteroatoms. The van der Waals surface area contributed by atoms with Gasteiger partial charge in [0.15, 0.2) is 0 Å². The summed E-state index contributed by atoms with van der Waals surface area (Å²) in [6.45, 7) is 2.92.